The molecule has 0 bridgehead atoms. The SMILES string of the molecule is Cn1cnnc1CNc1ccc(N)c(N)n1. The van der Waals surface area contributed by atoms with Gasteiger partial charge >= 0.3 is 0 Å². The summed E-state index contributed by atoms with van der Waals surface area (Å²) in [5, 5.41) is 10.8. The summed E-state index contributed by atoms with van der Waals surface area (Å²) in [6.45, 7) is 0.535. The number of aryl methyl sites for hydroxylation is 1. The van der Waals surface area contributed by atoms with Crippen LogP contribution in [0.2, 0.25) is 0 Å². The van der Waals surface area contributed by atoms with Gasteiger partial charge in [0, 0.05) is 7.05 Å². The van der Waals surface area contributed by atoms with Crippen LogP contribution in [-0.4, -0.2) is 19.7 Å². The molecule has 0 aliphatic carbocycles. The van der Waals surface area contributed by atoms with Gasteiger partial charge in [-0.3, -0.25) is 0 Å². The number of pyridine rings is 1. The molecule has 2 aromatic heterocycles. The normalized spacial score (nSPS) is 10.3. The van der Waals surface area contributed by atoms with Crippen LogP contribution in [0.25, 0.3) is 0 Å². The van der Waals surface area contributed by atoms with Crippen LogP contribution in [-0.2, 0) is 13.6 Å². The molecule has 0 saturated carbocycles. The highest BCUT2D eigenvalue weighted by atomic mass is 15.3. The van der Waals surface area contributed by atoms with Crippen molar-refractivity contribution in [2.45, 2.75) is 6.54 Å². The van der Waals surface area contributed by atoms with Gasteiger partial charge in [0.2, 0.25) is 0 Å². The first-order chi connectivity index (χ1) is 7.66. The highest BCUT2D eigenvalue weighted by Gasteiger charge is 2.02. The van der Waals surface area contributed by atoms with Crippen molar-refractivity contribution < 1.29 is 0 Å². The molecular weight excluding hydrogens is 206 g/mol. The topological polar surface area (TPSA) is 108 Å². The predicted octanol–water partition coefficient (Wildman–Crippen LogP) is -0.0134. The fraction of sp³-hybridized carbons (Fsp3) is 0.222. The molecule has 16 heavy (non-hydrogen) atoms. The largest absolute Gasteiger partial charge is 0.396 e. The highest BCUT2D eigenvalue weighted by molar-refractivity contribution is 5.61. The lowest BCUT2D eigenvalue weighted by Gasteiger charge is -2.06. The molecule has 7 nitrogen and oxygen atoms in total. The van der Waals surface area contributed by atoms with Crippen molar-refractivity contribution >= 4 is 17.3 Å². The van der Waals surface area contributed by atoms with Gasteiger partial charge < -0.3 is 21.4 Å². The molecule has 5 N–H and O–H groups in total. The third-order valence-corrected chi connectivity index (χ3v) is 2.19. The molecule has 2 aromatic rings. The molecule has 0 fully saturated rings. The second-order valence-corrected chi connectivity index (χ2v) is 3.38. The number of anilines is 3. The zero-order valence-electron chi connectivity index (χ0n) is 8.88. The number of hydrogen-bond donors (Lipinski definition) is 3. The molecule has 0 saturated heterocycles. The van der Waals surface area contributed by atoms with E-state index in [4.69, 9.17) is 11.5 Å². The van der Waals surface area contributed by atoms with E-state index in [9.17, 15) is 0 Å². The van der Waals surface area contributed by atoms with Gasteiger partial charge in [-0.2, -0.15) is 0 Å². The quantitative estimate of drug-likeness (QED) is 0.670. The Balaban J connectivity index is 2.05. The van der Waals surface area contributed by atoms with Crippen LogP contribution in [0.5, 0.6) is 0 Å². The molecule has 2 rings (SSSR count). The monoisotopic (exact) mass is 219 g/mol. The second-order valence-electron chi connectivity index (χ2n) is 3.38. The van der Waals surface area contributed by atoms with Crippen molar-refractivity contribution in [1.82, 2.24) is 19.7 Å². The number of hydrogen-bond acceptors (Lipinski definition) is 6. The molecule has 84 valence electrons. The van der Waals surface area contributed by atoms with Gasteiger partial charge in [0.15, 0.2) is 5.82 Å². The number of aromatic nitrogens is 4. The van der Waals surface area contributed by atoms with Gasteiger partial charge in [-0.15, -0.1) is 10.2 Å². The van der Waals surface area contributed by atoms with Crippen molar-refractivity contribution in [3.8, 4) is 0 Å². The summed E-state index contributed by atoms with van der Waals surface area (Å²) in [6.07, 6.45) is 1.64. The minimum Gasteiger partial charge on any atom is -0.396 e. The maximum atomic E-state index is 5.59. The minimum absolute atomic E-state index is 0.322. The summed E-state index contributed by atoms with van der Waals surface area (Å²) in [7, 11) is 1.88. The Bertz CT molecular complexity index is 490. The Morgan fingerprint density at radius 1 is 1.38 bits per heavy atom. The summed E-state index contributed by atoms with van der Waals surface area (Å²) >= 11 is 0. The number of nitrogens with two attached hydrogens (primary N) is 2. The summed E-state index contributed by atoms with van der Waals surface area (Å²) in [5.74, 6) is 1.80. The van der Waals surface area contributed by atoms with E-state index < -0.39 is 0 Å². The Labute approximate surface area is 92.5 Å². The smallest absolute Gasteiger partial charge is 0.151 e. The van der Waals surface area contributed by atoms with E-state index in [2.05, 4.69) is 20.5 Å². The molecule has 0 amide bonds. The van der Waals surface area contributed by atoms with E-state index in [0.29, 0.717) is 23.9 Å². The minimum atomic E-state index is 0.322. The van der Waals surface area contributed by atoms with E-state index in [1.165, 1.54) is 0 Å². The summed E-state index contributed by atoms with van der Waals surface area (Å²) in [5.41, 5.74) is 11.6. The third kappa shape index (κ3) is 2.02. The van der Waals surface area contributed by atoms with E-state index >= 15 is 0 Å². The first-order valence-electron chi connectivity index (χ1n) is 4.75. The molecule has 0 aliphatic rings. The second kappa shape index (κ2) is 4.05. The van der Waals surface area contributed by atoms with Gasteiger partial charge in [0.25, 0.3) is 0 Å². The number of nitrogen functional groups attached to an aromatic ring is 2. The van der Waals surface area contributed by atoms with Crippen molar-refractivity contribution in [2.24, 2.45) is 7.05 Å². The highest BCUT2D eigenvalue weighted by Crippen LogP contribution is 2.14. The van der Waals surface area contributed by atoms with E-state index in [0.717, 1.165) is 5.82 Å². The zero-order valence-corrected chi connectivity index (χ0v) is 8.88. The molecule has 0 aromatic carbocycles. The maximum Gasteiger partial charge on any atom is 0.151 e. The van der Waals surface area contributed by atoms with Gasteiger partial charge in [0.05, 0.1) is 12.2 Å². The Morgan fingerprint density at radius 3 is 2.81 bits per heavy atom. The molecule has 0 aliphatic heterocycles. The summed E-state index contributed by atoms with van der Waals surface area (Å²) in [4.78, 5) is 4.09. The Kier molecular flexibility index (Phi) is 2.59. The van der Waals surface area contributed by atoms with E-state index in [-0.39, 0.29) is 0 Å². The molecule has 7 heteroatoms. The average molecular weight is 219 g/mol. The van der Waals surface area contributed by atoms with Crippen molar-refractivity contribution in [2.75, 3.05) is 16.8 Å². The Morgan fingerprint density at radius 2 is 2.19 bits per heavy atom. The maximum absolute atomic E-state index is 5.59. The van der Waals surface area contributed by atoms with Gasteiger partial charge in [-0.05, 0) is 12.1 Å². The van der Waals surface area contributed by atoms with Crippen LogP contribution in [0.15, 0.2) is 18.5 Å². The standard InChI is InChI=1S/C9H13N7/c1-16-5-13-15-8(16)4-12-7-3-2-6(10)9(11)14-7/h2-3,5H,4,10H2,1H3,(H3,11,12,14). The molecular formula is C9H13N7. The first kappa shape index (κ1) is 10.2. The first-order valence-corrected chi connectivity index (χ1v) is 4.75. The van der Waals surface area contributed by atoms with Crippen molar-refractivity contribution in [3.63, 3.8) is 0 Å². The Hall–Kier alpha value is -2.31. The lowest BCUT2D eigenvalue weighted by molar-refractivity contribution is 0.810. The van der Waals surface area contributed by atoms with Crippen molar-refractivity contribution in [1.29, 1.82) is 0 Å². The molecule has 2 heterocycles. The van der Waals surface area contributed by atoms with Crippen LogP contribution < -0.4 is 16.8 Å². The van der Waals surface area contributed by atoms with E-state index in [1.54, 1.807) is 18.5 Å². The molecule has 0 radical (unpaired) electrons. The molecule has 0 atom stereocenters. The summed E-state index contributed by atoms with van der Waals surface area (Å²) < 4.78 is 1.83. The summed E-state index contributed by atoms with van der Waals surface area (Å²) in [6, 6.07) is 3.48. The lowest BCUT2D eigenvalue weighted by Crippen LogP contribution is -2.08. The van der Waals surface area contributed by atoms with Crippen molar-refractivity contribution in [3.05, 3.63) is 24.3 Å². The fourth-order valence-corrected chi connectivity index (χ4v) is 1.22. The number of nitrogens with one attached hydrogen (secondary N) is 1. The van der Waals surface area contributed by atoms with Crippen LogP contribution in [0, 0.1) is 0 Å². The van der Waals surface area contributed by atoms with Crippen LogP contribution >= 0.6 is 0 Å². The number of rotatable bonds is 3. The van der Waals surface area contributed by atoms with Gasteiger partial charge in [0.1, 0.15) is 18.0 Å². The predicted molar refractivity (Wildman–Crippen MR) is 61.4 cm³/mol. The number of nitrogens with zero attached hydrogens (tertiary/aromatic N) is 4. The third-order valence-electron chi connectivity index (χ3n) is 2.19. The molecule has 0 spiro atoms. The molecule has 0 unspecified atom stereocenters. The van der Waals surface area contributed by atoms with Crippen LogP contribution in [0.4, 0.5) is 17.3 Å². The van der Waals surface area contributed by atoms with E-state index in [1.807, 2.05) is 11.6 Å². The fourth-order valence-electron chi connectivity index (χ4n) is 1.22. The van der Waals surface area contributed by atoms with Crippen LogP contribution in [0.3, 0.4) is 0 Å². The average Bonchev–Trinajstić information content (AvgIpc) is 2.66. The van der Waals surface area contributed by atoms with Gasteiger partial charge in [-0.25, -0.2) is 4.98 Å². The van der Waals surface area contributed by atoms with Crippen LogP contribution in [0.1, 0.15) is 5.82 Å². The lowest BCUT2D eigenvalue weighted by atomic mass is 10.4. The van der Waals surface area contributed by atoms with Gasteiger partial charge in [-0.1, -0.05) is 0 Å². The zero-order chi connectivity index (χ0) is 11.5.